The molecule has 0 aromatic heterocycles. The Kier molecular flexibility index (Phi) is 5.10. The molecule has 0 amide bonds. The number of aryl methyl sites for hydroxylation is 1. The van der Waals surface area contributed by atoms with E-state index >= 15 is 0 Å². The lowest BCUT2D eigenvalue weighted by molar-refractivity contribution is 0.287. The third-order valence-corrected chi connectivity index (χ3v) is 2.85. The molecular weight excluding hydrogens is 217 g/mol. The zero-order valence-electron chi connectivity index (χ0n) is 10.5. The lowest BCUT2D eigenvalue weighted by Gasteiger charge is -2.21. The van der Waals surface area contributed by atoms with Crippen LogP contribution in [0.5, 0.6) is 0 Å². The predicted octanol–water partition coefficient (Wildman–Crippen LogP) is 2.28. The largest absolute Gasteiger partial charge is 0.388 e. The number of nitrogens with zero attached hydrogens (tertiary/aromatic N) is 1. The first-order chi connectivity index (χ1) is 8.02. The maximum absolute atomic E-state index is 13.1. The fourth-order valence-electron chi connectivity index (χ4n) is 1.68. The topological polar surface area (TPSA) is 53.1 Å². The Bertz CT molecular complexity index is 390. The van der Waals surface area contributed by atoms with Gasteiger partial charge in [0.05, 0.1) is 5.84 Å². The summed E-state index contributed by atoms with van der Waals surface area (Å²) in [6.45, 7) is 6.33. The lowest BCUT2D eigenvalue weighted by atomic mass is 10.1. The summed E-state index contributed by atoms with van der Waals surface area (Å²) in [6, 6.07) is 4.85. The summed E-state index contributed by atoms with van der Waals surface area (Å²) in [5.74, 6) is -0.00682. The second-order valence-corrected chi connectivity index (χ2v) is 4.21. The fourth-order valence-corrected chi connectivity index (χ4v) is 1.68. The molecule has 0 aliphatic heterocycles. The van der Waals surface area contributed by atoms with Gasteiger partial charge in [-0.25, -0.2) is 4.39 Å². The first-order valence-corrected chi connectivity index (χ1v) is 5.83. The van der Waals surface area contributed by atoms with E-state index in [-0.39, 0.29) is 11.7 Å². The molecule has 0 bridgehead atoms. The van der Waals surface area contributed by atoms with Gasteiger partial charge in [0.25, 0.3) is 0 Å². The molecule has 0 fully saturated rings. The van der Waals surface area contributed by atoms with Crippen LogP contribution in [0.2, 0.25) is 0 Å². The Balaban J connectivity index is 2.66. The van der Waals surface area contributed by atoms with E-state index in [1.165, 1.54) is 6.07 Å². The van der Waals surface area contributed by atoms with Crippen molar-refractivity contribution in [3.63, 3.8) is 0 Å². The van der Waals surface area contributed by atoms with Gasteiger partial charge in [0, 0.05) is 19.5 Å². The molecule has 0 spiro atoms. The molecule has 0 heterocycles. The van der Waals surface area contributed by atoms with Gasteiger partial charge in [0.15, 0.2) is 0 Å². The van der Waals surface area contributed by atoms with Crippen LogP contribution in [-0.2, 0) is 6.54 Å². The molecule has 0 radical (unpaired) electrons. The zero-order valence-corrected chi connectivity index (χ0v) is 10.5. The van der Waals surface area contributed by atoms with Gasteiger partial charge < -0.3 is 5.73 Å². The number of nitrogens with two attached hydrogens (primary N) is 1. The van der Waals surface area contributed by atoms with Gasteiger partial charge in [0.2, 0.25) is 0 Å². The standard InChI is InChI=1S/C13H20FN3/c1-3-17(7-6-13(15)16)9-11-8-12(14)5-4-10(11)2/h4-5,8H,3,6-7,9H2,1-2H3,(H3,15,16). The Morgan fingerprint density at radius 1 is 1.47 bits per heavy atom. The Morgan fingerprint density at radius 2 is 2.18 bits per heavy atom. The Labute approximate surface area is 102 Å². The van der Waals surface area contributed by atoms with Gasteiger partial charge in [-0.3, -0.25) is 10.3 Å². The number of amidine groups is 1. The van der Waals surface area contributed by atoms with Gasteiger partial charge in [-0.1, -0.05) is 13.0 Å². The summed E-state index contributed by atoms with van der Waals surface area (Å²) in [6.07, 6.45) is 0.558. The van der Waals surface area contributed by atoms with Crippen molar-refractivity contribution in [3.05, 3.63) is 35.1 Å². The fraction of sp³-hybridized carbons (Fsp3) is 0.462. The van der Waals surface area contributed by atoms with Crippen LogP contribution in [-0.4, -0.2) is 23.8 Å². The average Bonchev–Trinajstić information content (AvgIpc) is 2.28. The van der Waals surface area contributed by atoms with Gasteiger partial charge in [-0.15, -0.1) is 0 Å². The van der Waals surface area contributed by atoms with Crippen LogP contribution in [0.1, 0.15) is 24.5 Å². The molecule has 0 unspecified atom stereocenters. The lowest BCUT2D eigenvalue weighted by Crippen LogP contribution is -2.27. The molecule has 1 rings (SSSR count). The Hall–Kier alpha value is -1.42. The number of nitrogens with one attached hydrogen (secondary N) is 1. The average molecular weight is 237 g/mol. The van der Waals surface area contributed by atoms with Crippen molar-refractivity contribution in [2.75, 3.05) is 13.1 Å². The molecular formula is C13H20FN3. The molecule has 0 atom stereocenters. The minimum Gasteiger partial charge on any atom is -0.388 e. The minimum atomic E-state index is -0.201. The summed E-state index contributed by atoms with van der Waals surface area (Å²) in [5.41, 5.74) is 7.43. The highest BCUT2D eigenvalue weighted by atomic mass is 19.1. The van der Waals surface area contributed by atoms with Crippen molar-refractivity contribution in [2.24, 2.45) is 5.73 Å². The molecule has 0 saturated carbocycles. The molecule has 17 heavy (non-hydrogen) atoms. The van der Waals surface area contributed by atoms with Crippen molar-refractivity contribution in [3.8, 4) is 0 Å². The molecule has 3 N–H and O–H groups in total. The van der Waals surface area contributed by atoms with Gasteiger partial charge in [-0.05, 0) is 36.7 Å². The summed E-state index contributed by atoms with van der Waals surface area (Å²) >= 11 is 0. The number of halogens is 1. The second-order valence-electron chi connectivity index (χ2n) is 4.21. The third-order valence-electron chi connectivity index (χ3n) is 2.85. The number of hydrogen-bond acceptors (Lipinski definition) is 2. The van der Waals surface area contributed by atoms with E-state index in [1.807, 2.05) is 6.92 Å². The molecule has 0 saturated heterocycles. The quantitative estimate of drug-likeness (QED) is 0.589. The van der Waals surface area contributed by atoms with E-state index in [9.17, 15) is 4.39 Å². The predicted molar refractivity (Wildman–Crippen MR) is 68.6 cm³/mol. The van der Waals surface area contributed by atoms with Crippen molar-refractivity contribution >= 4 is 5.84 Å². The summed E-state index contributed by atoms with van der Waals surface area (Å²) in [5, 5.41) is 7.21. The molecule has 4 heteroatoms. The highest BCUT2D eigenvalue weighted by Crippen LogP contribution is 2.13. The van der Waals surface area contributed by atoms with Crippen LogP contribution in [0.3, 0.4) is 0 Å². The van der Waals surface area contributed by atoms with E-state index in [0.717, 1.165) is 24.2 Å². The molecule has 1 aromatic carbocycles. The van der Waals surface area contributed by atoms with E-state index in [4.69, 9.17) is 11.1 Å². The van der Waals surface area contributed by atoms with Crippen LogP contribution < -0.4 is 5.73 Å². The summed E-state index contributed by atoms with van der Waals surface area (Å²) < 4.78 is 13.1. The van der Waals surface area contributed by atoms with Crippen molar-refractivity contribution in [1.29, 1.82) is 5.41 Å². The monoisotopic (exact) mass is 237 g/mol. The minimum absolute atomic E-state index is 0.194. The smallest absolute Gasteiger partial charge is 0.123 e. The van der Waals surface area contributed by atoms with Crippen LogP contribution in [0, 0.1) is 18.2 Å². The summed E-state index contributed by atoms with van der Waals surface area (Å²) in [7, 11) is 0. The van der Waals surface area contributed by atoms with Crippen LogP contribution in [0.15, 0.2) is 18.2 Å². The van der Waals surface area contributed by atoms with E-state index in [1.54, 1.807) is 12.1 Å². The van der Waals surface area contributed by atoms with Crippen molar-refractivity contribution < 1.29 is 4.39 Å². The maximum atomic E-state index is 13.1. The maximum Gasteiger partial charge on any atom is 0.123 e. The van der Waals surface area contributed by atoms with Crippen LogP contribution >= 0.6 is 0 Å². The number of hydrogen-bond donors (Lipinski definition) is 2. The molecule has 0 aliphatic rings. The van der Waals surface area contributed by atoms with E-state index in [2.05, 4.69) is 11.8 Å². The van der Waals surface area contributed by atoms with Crippen molar-refractivity contribution in [1.82, 2.24) is 4.90 Å². The molecule has 1 aromatic rings. The number of benzene rings is 1. The second kappa shape index (κ2) is 6.35. The van der Waals surface area contributed by atoms with Crippen molar-refractivity contribution in [2.45, 2.75) is 26.8 Å². The Morgan fingerprint density at radius 3 is 2.76 bits per heavy atom. The number of rotatable bonds is 6. The third kappa shape index (κ3) is 4.53. The van der Waals surface area contributed by atoms with Crippen LogP contribution in [0.4, 0.5) is 4.39 Å². The van der Waals surface area contributed by atoms with Gasteiger partial charge in [0.1, 0.15) is 5.82 Å². The first kappa shape index (κ1) is 13.6. The first-order valence-electron chi connectivity index (χ1n) is 5.83. The molecule has 94 valence electrons. The van der Waals surface area contributed by atoms with Gasteiger partial charge >= 0.3 is 0 Å². The molecule has 0 aliphatic carbocycles. The molecule has 3 nitrogen and oxygen atoms in total. The zero-order chi connectivity index (χ0) is 12.8. The highest BCUT2D eigenvalue weighted by molar-refractivity contribution is 5.76. The van der Waals surface area contributed by atoms with E-state index < -0.39 is 0 Å². The normalized spacial score (nSPS) is 10.8. The highest BCUT2D eigenvalue weighted by Gasteiger charge is 2.07. The SMILES string of the molecule is CCN(CCC(=N)N)Cc1cc(F)ccc1C. The van der Waals surface area contributed by atoms with Crippen LogP contribution in [0.25, 0.3) is 0 Å². The van der Waals surface area contributed by atoms with Gasteiger partial charge in [-0.2, -0.15) is 0 Å². The van der Waals surface area contributed by atoms with E-state index in [0.29, 0.717) is 13.0 Å². The summed E-state index contributed by atoms with van der Waals surface area (Å²) in [4.78, 5) is 2.16.